The van der Waals surface area contributed by atoms with Gasteiger partial charge in [0.15, 0.2) is 0 Å². The highest BCUT2D eigenvalue weighted by Crippen LogP contribution is 2.23. The third kappa shape index (κ3) is 3.27. The first-order chi connectivity index (χ1) is 7.19. The van der Waals surface area contributed by atoms with Crippen LogP contribution in [0.3, 0.4) is 0 Å². The smallest absolute Gasteiger partial charge is 0.125 e. The summed E-state index contributed by atoms with van der Waals surface area (Å²) >= 11 is 0. The van der Waals surface area contributed by atoms with E-state index in [-0.39, 0.29) is 0 Å². The summed E-state index contributed by atoms with van der Waals surface area (Å²) in [5.41, 5.74) is 1.10. The average molecular weight is 207 g/mol. The molecule has 1 rings (SSSR count). The molecular weight excluding hydrogens is 186 g/mol. The molecule has 0 aromatic carbocycles. The lowest BCUT2D eigenvalue weighted by molar-refractivity contribution is 0.376. The molecule has 0 radical (unpaired) electrons. The van der Waals surface area contributed by atoms with E-state index in [9.17, 15) is 0 Å². The molecule has 84 valence electrons. The molecule has 15 heavy (non-hydrogen) atoms. The normalized spacial score (nSPS) is 14.9. The van der Waals surface area contributed by atoms with Crippen molar-refractivity contribution in [2.45, 2.75) is 39.7 Å². The summed E-state index contributed by atoms with van der Waals surface area (Å²) in [7, 11) is 1.99. The van der Waals surface area contributed by atoms with Crippen LogP contribution in [-0.4, -0.2) is 17.0 Å². The zero-order valence-electron chi connectivity index (χ0n) is 10.1. The van der Waals surface area contributed by atoms with Crippen LogP contribution in [0.15, 0.2) is 12.3 Å². The van der Waals surface area contributed by atoms with Gasteiger partial charge in [-0.05, 0) is 32.4 Å². The summed E-state index contributed by atoms with van der Waals surface area (Å²) in [6.45, 7) is 6.41. The van der Waals surface area contributed by atoms with Gasteiger partial charge in [-0.15, -0.1) is 0 Å². The highest BCUT2D eigenvalue weighted by molar-refractivity contribution is 5.08. The predicted octanol–water partition coefficient (Wildman–Crippen LogP) is 2.48. The third-order valence-corrected chi connectivity index (χ3v) is 2.74. The Balaban J connectivity index is 2.82. The molecule has 0 fully saturated rings. The van der Waals surface area contributed by atoms with Gasteiger partial charge in [-0.25, -0.2) is 9.97 Å². The maximum Gasteiger partial charge on any atom is 0.125 e. The summed E-state index contributed by atoms with van der Waals surface area (Å²) < 4.78 is 0. The van der Waals surface area contributed by atoms with Crippen LogP contribution in [0.25, 0.3) is 0 Å². The molecule has 1 heterocycles. The second-order valence-electron chi connectivity index (χ2n) is 4.06. The topological polar surface area (TPSA) is 37.8 Å². The van der Waals surface area contributed by atoms with E-state index in [1.54, 1.807) is 0 Å². The van der Waals surface area contributed by atoms with E-state index in [4.69, 9.17) is 0 Å². The monoisotopic (exact) mass is 207 g/mol. The van der Waals surface area contributed by atoms with Crippen LogP contribution in [0.2, 0.25) is 0 Å². The molecule has 0 saturated heterocycles. The van der Waals surface area contributed by atoms with Gasteiger partial charge < -0.3 is 5.32 Å². The second kappa shape index (κ2) is 5.81. The molecule has 1 N–H and O–H groups in total. The van der Waals surface area contributed by atoms with Gasteiger partial charge in [0, 0.05) is 6.20 Å². The summed E-state index contributed by atoms with van der Waals surface area (Å²) in [5, 5.41) is 3.34. The van der Waals surface area contributed by atoms with Gasteiger partial charge >= 0.3 is 0 Å². The Kier molecular flexibility index (Phi) is 4.69. The highest BCUT2D eigenvalue weighted by Gasteiger charge is 2.17. The number of hydrogen-bond donors (Lipinski definition) is 1. The fraction of sp³-hybridized carbons (Fsp3) is 0.667. The van der Waals surface area contributed by atoms with Crippen molar-refractivity contribution in [3.63, 3.8) is 0 Å². The van der Waals surface area contributed by atoms with Crippen LogP contribution in [0.5, 0.6) is 0 Å². The van der Waals surface area contributed by atoms with E-state index in [0.717, 1.165) is 11.5 Å². The van der Waals surface area contributed by atoms with E-state index in [1.165, 1.54) is 12.8 Å². The van der Waals surface area contributed by atoms with E-state index >= 15 is 0 Å². The second-order valence-corrected chi connectivity index (χ2v) is 4.06. The highest BCUT2D eigenvalue weighted by atomic mass is 14.9. The number of aryl methyl sites for hydroxylation is 1. The summed E-state index contributed by atoms with van der Waals surface area (Å²) in [6.07, 6.45) is 4.26. The SMILES string of the molecule is CCCC(C)C(NC)c1ccnc(C)n1. The maximum atomic E-state index is 4.47. The Morgan fingerprint density at radius 2 is 2.20 bits per heavy atom. The molecule has 2 unspecified atom stereocenters. The lowest BCUT2D eigenvalue weighted by Crippen LogP contribution is -2.24. The van der Waals surface area contributed by atoms with Crippen LogP contribution >= 0.6 is 0 Å². The standard InChI is InChI=1S/C12H21N3/c1-5-6-9(2)12(13-4)11-7-8-14-10(3)15-11/h7-9,12-13H,5-6H2,1-4H3. The van der Waals surface area contributed by atoms with Crippen molar-refractivity contribution in [3.05, 3.63) is 23.8 Å². The Morgan fingerprint density at radius 3 is 2.73 bits per heavy atom. The number of hydrogen-bond acceptors (Lipinski definition) is 3. The van der Waals surface area contributed by atoms with Gasteiger partial charge in [0.1, 0.15) is 5.82 Å². The number of aromatic nitrogens is 2. The quantitative estimate of drug-likeness (QED) is 0.806. The largest absolute Gasteiger partial charge is 0.311 e. The van der Waals surface area contributed by atoms with Gasteiger partial charge in [-0.1, -0.05) is 20.3 Å². The molecule has 0 aliphatic rings. The fourth-order valence-electron chi connectivity index (χ4n) is 1.99. The minimum Gasteiger partial charge on any atom is -0.311 e. The average Bonchev–Trinajstić information content (AvgIpc) is 2.19. The van der Waals surface area contributed by atoms with Crippen molar-refractivity contribution in [3.8, 4) is 0 Å². The minimum absolute atomic E-state index is 0.339. The van der Waals surface area contributed by atoms with Gasteiger partial charge in [0.2, 0.25) is 0 Å². The van der Waals surface area contributed by atoms with Crippen LogP contribution in [-0.2, 0) is 0 Å². The molecule has 3 heteroatoms. The van der Waals surface area contributed by atoms with Crippen LogP contribution < -0.4 is 5.32 Å². The molecule has 0 amide bonds. The molecule has 3 nitrogen and oxygen atoms in total. The third-order valence-electron chi connectivity index (χ3n) is 2.74. The van der Waals surface area contributed by atoms with E-state index in [2.05, 4.69) is 29.1 Å². The van der Waals surface area contributed by atoms with Gasteiger partial charge in [0.05, 0.1) is 11.7 Å². The van der Waals surface area contributed by atoms with Gasteiger partial charge in [-0.3, -0.25) is 0 Å². The summed E-state index contributed by atoms with van der Waals surface area (Å²) in [6, 6.07) is 2.34. The molecule has 0 saturated carbocycles. The van der Waals surface area contributed by atoms with Crippen molar-refractivity contribution in [1.29, 1.82) is 0 Å². The zero-order chi connectivity index (χ0) is 11.3. The van der Waals surface area contributed by atoms with Crippen LogP contribution in [0, 0.1) is 12.8 Å². The number of rotatable bonds is 5. The molecule has 1 aromatic rings. The predicted molar refractivity (Wildman–Crippen MR) is 62.6 cm³/mol. The van der Waals surface area contributed by atoms with Crippen LogP contribution in [0.4, 0.5) is 0 Å². The van der Waals surface area contributed by atoms with Crippen molar-refractivity contribution in [2.75, 3.05) is 7.05 Å². The Hall–Kier alpha value is -0.960. The molecule has 0 aliphatic heterocycles. The lowest BCUT2D eigenvalue weighted by atomic mass is 9.94. The molecule has 0 bridgehead atoms. The number of nitrogens with one attached hydrogen (secondary N) is 1. The van der Waals surface area contributed by atoms with E-state index in [1.807, 2.05) is 26.2 Å². The summed E-state index contributed by atoms with van der Waals surface area (Å²) in [5.74, 6) is 1.45. The van der Waals surface area contributed by atoms with Crippen molar-refractivity contribution in [2.24, 2.45) is 5.92 Å². The van der Waals surface area contributed by atoms with Crippen molar-refractivity contribution >= 4 is 0 Å². The molecule has 2 atom stereocenters. The van der Waals surface area contributed by atoms with E-state index < -0.39 is 0 Å². The summed E-state index contributed by atoms with van der Waals surface area (Å²) in [4.78, 5) is 8.60. The Bertz CT molecular complexity index is 299. The molecule has 1 aromatic heterocycles. The first kappa shape index (κ1) is 12.1. The Morgan fingerprint density at radius 1 is 1.47 bits per heavy atom. The minimum atomic E-state index is 0.339. The van der Waals surface area contributed by atoms with Crippen molar-refractivity contribution in [1.82, 2.24) is 15.3 Å². The maximum absolute atomic E-state index is 4.47. The van der Waals surface area contributed by atoms with Gasteiger partial charge in [0.25, 0.3) is 0 Å². The first-order valence-electron chi connectivity index (χ1n) is 5.65. The fourth-order valence-corrected chi connectivity index (χ4v) is 1.99. The Labute approximate surface area is 92.3 Å². The lowest BCUT2D eigenvalue weighted by Gasteiger charge is -2.22. The molecular formula is C12H21N3. The van der Waals surface area contributed by atoms with Crippen molar-refractivity contribution < 1.29 is 0 Å². The number of nitrogens with zero attached hydrogens (tertiary/aromatic N) is 2. The molecule has 0 aliphatic carbocycles. The van der Waals surface area contributed by atoms with Gasteiger partial charge in [-0.2, -0.15) is 0 Å². The molecule has 0 spiro atoms. The zero-order valence-corrected chi connectivity index (χ0v) is 10.1. The van der Waals surface area contributed by atoms with E-state index in [0.29, 0.717) is 12.0 Å². The van der Waals surface area contributed by atoms with Crippen LogP contribution in [0.1, 0.15) is 44.2 Å². The first-order valence-corrected chi connectivity index (χ1v) is 5.65.